The third kappa shape index (κ3) is 4.96. The van der Waals surface area contributed by atoms with Crippen LogP contribution in [0.25, 0.3) is 11.0 Å². The van der Waals surface area contributed by atoms with E-state index in [0.29, 0.717) is 28.1 Å². The summed E-state index contributed by atoms with van der Waals surface area (Å²) in [5, 5.41) is 13.0. The summed E-state index contributed by atoms with van der Waals surface area (Å²) in [5.41, 5.74) is 3.41. The second-order valence-electron chi connectivity index (χ2n) is 8.08. The molecule has 0 bridgehead atoms. The van der Waals surface area contributed by atoms with Gasteiger partial charge in [-0.15, -0.1) is 5.10 Å². The fourth-order valence-corrected chi connectivity index (χ4v) is 4.50. The first-order valence-corrected chi connectivity index (χ1v) is 12.7. The van der Waals surface area contributed by atoms with Crippen molar-refractivity contribution in [2.45, 2.75) is 18.0 Å². The van der Waals surface area contributed by atoms with Crippen molar-refractivity contribution in [3.8, 4) is 5.75 Å². The summed E-state index contributed by atoms with van der Waals surface area (Å²) in [6.45, 7) is 1.97. The number of sulfonamides is 1. The predicted molar refractivity (Wildman–Crippen MR) is 138 cm³/mol. The number of benzene rings is 4. The van der Waals surface area contributed by atoms with Crippen molar-refractivity contribution in [3.63, 3.8) is 0 Å². The van der Waals surface area contributed by atoms with Gasteiger partial charge in [-0.1, -0.05) is 83.6 Å². The normalized spacial score (nSPS) is 12.9. The second kappa shape index (κ2) is 10.0. The van der Waals surface area contributed by atoms with Gasteiger partial charge in [-0.3, -0.25) is 0 Å². The molecule has 1 N–H and O–H groups in total. The summed E-state index contributed by atoms with van der Waals surface area (Å²) in [4.78, 5) is 2.48. The number of hydrogen-bond acceptors (Lipinski definition) is 6. The Morgan fingerprint density at radius 2 is 1.50 bits per heavy atom. The van der Waals surface area contributed by atoms with Crippen LogP contribution in [-0.2, 0) is 10.0 Å². The number of para-hydroxylation sites is 2. The van der Waals surface area contributed by atoms with Crippen molar-refractivity contribution >= 4 is 26.8 Å². The van der Waals surface area contributed by atoms with E-state index in [1.54, 1.807) is 22.9 Å². The van der Waals surface area contributed by atoms with Gasteiger partial charge in [-0.2, -0.15) is 23.0 Å². The maximum absolute atomic E-state index is 13.0. The SMILES string of the molecule is Cc1ccc(/C(=N\NS(=O)(=O)c2ccccc2)C(Oc2ccccc2)n2nnc3ccccc32)cc1. The summed E-state index contributed by atoms with van der Waals surface area (Å²) >= 11 is 0. The molecule has 0 spiro atoms. The quantitative estimate of drug-likeness (QED) is 0.248. The number of ether oxygens (including phenoxy) is 1. The van der Waals surface area contributed by atoms with Crippen molar-refractivity contribution in [2.75, 3.05) is 0 Å². The van der Waals surface area contributed by atoms with Gasteiger partial charge < -0.3 is 4.74 Å². The summed E-state index contributed by atoms with van der Waals surface area (Å²) < 4.78 is 34.0. The van der Waals surface area contributed by atoms with E-state index in [-0.39, 0.29) is 4.90 Å². The molecule has 0 aliphatic rings. The van der Waals surface area contributed by atoms with Crippen LogP contribution in [0.4, 0.5) is 0 Å². The number of aryl methyl sites for hydroxylation is 1. The predicted octanol–water partition coefficient (Wildman–Crippen LogP) is 4.70. The molecular formula is C27H23N5O3S. The molecule has 8 nitrogen and oxygen atoms in total. The van der Waals surface area contributed by atoms with Crippen molar-refractivity contribution < 1.29 is 13.2 Å². The van der Waals surface area contributed by atoms with Crippen molar-refractivity contribution in [2.24, 2.45) is 5.10 Å². The first-order chi connectivity index (χ1) is 17.5. The number of nitrogens with zero attached hydrogens (tertiary/aromatic N) is 4. The molecule has 5 rings (SSSR count). The molecule has 0 saturated heterocycles. The lowest BCUT2D eigenvalue weighted by Crippen LogP contribution is -2.30. The molecule has 36 heavy (non-hydrogen) atoms. The first kappa shape index (κ1) is 23.3. The molecule has 9 heteroatoms. The van der Waals surface area contributed by atoms with Crippen LogP contribution >= 0.6 is 0 Å². The zero-order valence-electron chi connectivity index (χ0n) is 19.4. The summed E-state index contributed by atoms with van der Waals surface area (Å²) in [7, 11) is -3.93. The molecule has 0 aliphatic carbocycles. The van der Waals surface area contributed by atoms with E-state index in [2.05, 4.69) is 20.2 Å². The molecule has 1 unspecified atom stereocenters. The minimum atomic E-state index is -3.93. The number of hydrazone groups is 1. The summed E-state index contributed by atoms with van der Waals surface area (Å²) in [5.74, 6) is 0.563. The highest BCUT2D eigenvalue weighted by molar-refractivity contribution is 7.89. The maximum atomic E-state index is 13.0. The molecule has 1 heterocycles. The lowest BCUT2D eigenvalue weighted by atomic mass is 10.1. The molecule has 180 valence electrons. The van der Waals surface area contributed by atoms with Crippen LogP contribution in [0.1, 0.15) is 17.4 Å². The molecule has 0 saturated carbocycles. The third-order valence-corrected chi connectivity index (χ3v) is 6.74. The Morgan fingerprint density at radius 1 is 0.861 bits per heavy atom. The molecule has 0 amide bonds. The van der Waals surface area contributed by atoms with Crippen molar-refractivity contribution in [1.29, 1.82) is 0 Å². The van der Waals surface area contributed by atoms with E-state index in [0.717, 1.165) is 5.56 Å². The van der Waals surface area contributed by atoms with Crippen molar-refractivity contribution in [1.82, 2.24) is 19.8 Å². The maximum Gasteiger partial charge on any atom is 0.276 e. The van der Waals surface area contributed by atoms with E-state index in [9.17, 15) is 8.42 Å². The molecule has 1 aromatic heterocycles. The van der Waals surface area contributed by atoms with Gasteiger partial charge >= 0.3 is 0 Å². The Kier molecular flexibility index (Phi) is 6.46. The Balaban J connectivity index is 1.66. The zero-order valence-corrected chi connectivity index (χ0v) is 20.2. The Morgan fingerprint density at radius 3 is 2.22 bits per heavy atom. The molecule has 4 aromatic carbocycles. The molecule has 0 radical (unpaired) electrons. The van der Waals surface area contributed by atoms with E-state index >= 15 is 0 Å². The number of aromatic nitrogens is 3. The van der Waals surface area contributed by atoms with Crippen LogP contribution in [-0.4, -0.2) is 29.1 Å². The zero-order chi connectivity index (χ0) is 25.0. The van der Waals surface area contributed by atoms with Crippen LogP contribution < -0.4 is 9.57 Å². The number of nitrogens with one attached hydrogen (secondary N) is 1. The van der Waals surface area contributed by atoms with E-state index < -0.39 is 16.3 Å². The van der Waals surface area contributed by atoms with Gasteiger partial charge in [0, 0.05) is 5.56 Å². The van der Waals surface area contributed by atoms with Crippen molar-refractivity contribution in [3.05, 3.63) is 120 Å². The fourth-order valence-electron chi connectivity index (χ4n) is 3.66. The minimum absolute atomic E-state index is 0.101. The molecule has 0 fully saturated rings. The Hall–Kier alpha value is -4.50. The van der Waals surface area contributed by atoms with E-state index in [4.69, 9.17) is 4.74 Å². The second-order valence-corrected chi connectivity index (χ2v) is 9.74. The smallest absolute Gasteiger partial charge is 0.276 e. The Labute approximate surface area is 208 Å². The highest BCUT2D eigenvalue weighted by atomic mass is 32.2. The van der Waals surface area contributed by atoms with Gasteiger partial charge in [-0.05, 0) is 43.3 Å². The third-order valence-electron chi connectivity index (χ3n) is 5.51. The van der Waals surface area contributed by atoms with Crippen LogP contribution in [0, 0.1) is 6.92 Å². The van der Waals surface area contributed by atoms with Gasteiger partial charge in [-0.25, -0.2) is 0 Å². The standard InChI is InChI=1S/C27H23N5O3S/c1-20-16-18-21(19-17-20)26(29-31-36(33,34)23-12-6-3-7-13-23)27(35-22-10-4-2-5-11-22)32-25-15-9-8-14-24(25)28-30-32/h2-19,27,31H,1H3/b29-26+. The van der Waals surface area contributed by atoms with Crippen LogP contribution in [0.5, 0.6) is 5.75 Å². The van der Waals surface area contributed by atoms with Gasteiger partial charge in [0.05, 0.1) is 10.4 Å². The number of hydrogen-bond donors (Lipinski definition) is 1. The van der Waals surface area contributed by atoms with Crippen LogP contribution in [0.2, 0.25) is 0 Å². The van der Waals surface area contributed by atoms with Crippen LogP contribution in [0.3, 0.4) is 0 Å². The van der Waals surface area contributed by atoms with Crippen LogP contribution in [0.15, 0.2) is 119 Å². The topological polar surface area (TPSA) is 98.5 Å². The first-order valence-electron chi connectivity index (χ1n) is 11.2. The average Bonchev–Trinajstić information content (AvgIpc) is 3.34. The lowest BCUT2D eigenvalue weighted by Gasteiger charge is -2.22. The van der Waals surface area contributed by atoms with Gasteiger partial charge in [0.25, 0.3) is 10.0 Å². The summed E-state index contributed by atoms with van der Waals surface area (Å²) in [6, 6.07) is 32.3. The van der Waals surface area contributed by atoms with Gasteiger partial charge in [0.2, 0.25) is 6.23 Å². The molecular weight excluding hydrogens is 474 g/mol. The lowest BCUT2D eigenvalue weighted by molar-refractivity contribution is 0.188. The summed E-state index contributed by atoms with van der Waals surface area (Å²) in [6.07, 6.45) is -0.930. The molecule has 1 atom stereocenters. The van der Waals surface area contributed by atoms with Gasteiger partial charge in [0.15, 0.2) is 0 Å². The highest BCUT2D eigenvalue weighted by Crippen LogP contribution is 2.25. The Bertz CT molecular complexity index is 1600. The monoisotopic (exact) mass is 497 g/mol. The molecule has 0 aliphatic heterocycles. The fraction of sp³-hybridized carbons (Fsp3) is 0.0741. The average molecular weight is 498 g/mol. The van der Waals surface area contributed by atoms with E-state index in [1.807, 2.05) is 85.8 Å². The highest BCUT2D eigenvalue weighted by Gasteiger charge is 2.27. The minimum Gasteiger partial charge on any atom is -0.463 e. The number of fused-ring (bicyclic) bond motifs is 1. The van der Waals surface area contributed by atoms with E-state index in [1.165, 1.54) is 12.1 Å². The molecule has 5 aromatic rings. The largest absolute Gasteiger partial charge is 0.463 e. The number of rotatable bonds is 8. The van der Waals surface area contributed by atoms with Gasteiger partial charge in [0.1, 0.15) is 17.0 Å².